The number of carbonyl (C=O) groups excluding carboxylic acids is 3. The SMILES string of the molecule is COC(=O)c1cccc(N2C(=O)C(O)=C(C(=O)c3ccco3)C2c2ccco2)c1. The molecule has 1 aromatic carbocycles. The zero-order valence-corrected chi connectivity index (χ0v) is 15.2. The van der Waals surface area contributed by atoms with Crippen molar-refractivity contribution in [3.63, 3.8) is 0 Å². The third-order valence-electron chi connectivity index (χ3n) is 4.56. The first-order chi connectivity index (χ1) is 14.0. The monoisotopic (exact) mass is 393 g/mol. The van der Waals surface area contributed by atoms with Gasteiger partial charge in [-0.25, -0.2) is 4.79 Å². The third-order valence-corrected chi connectivity index (χ3v) is 4.56. The number of benzene rings is 1. The zero-order chi connectivity index (χ0) is 20.5. The van der Waals surface area contributed by atoms with Crippen LogP contribution >= 0.6 is 0 Å². The Bertz CT molecular complexity index is 1110. The number of Topliss-reactive ketones (excluding diaryl/α,β-unsaturated/α-hetero) is 1. The van der Waals surface area contributed by atoms with Crippen LogP contribution in [0.4, 0.5) is 5.69 Å². The molecule has 1 unspecified atom stereocenters. The lowest BCUT2D eigenvalue weighted by atomic mass is 9.99. The topological polar surface area (TPSA) is 110 Å². The van der Waals surface area contributed by atoms with Gasteiger partial charge in [0.2, 0.25) is 5.78 Å². The van der Waals surface area contributed by atoms with E-state index in [2.05, 4.69) is 0 Å². The predicted molar refractivity (Wildman–Crippen MR) is 99.4 cm³/mol. The van der Waals surface area contributed by atoms with Crippen LogP contribution in [0.15, 0.2) is 81.2 Å². The van der Waals surface area contributed by atoms with Crippen molar-refractivity contribution >= 4 is 23.3 Å². The summed E-state index contributed by atoms with van der Waals surface area (Å²) in [5.41, 5.74) is 0.317. The fourth-order valence-corrected chi connectivity index (χ4v) is 3.26. The highest BCUT2D eigenvalue weighted by molar-refractivity contribution is 6.20. The Morgan fingerprint density at radius 1 is 1.07 bits per heavy atom. The van der Waals surface area contributed by atoms with Crippen LogP contribution in [-0.4, -0.2) is 29.9 Å². The van der Waals surface area contributed by atoms with Gasteiger partial charge in [-0.05, 0) is 42.5 Å². The molecule has 3 aromatic rings. The van der Waals surface area contributed by atoms with Crippen molar-refractivity contribution in [1.82, 2.24) is 0 Å². The van der Waals surface area contributed by atoms with E-state index in [1.165, 1.54) is 48.8 Å². The smallest absolute Gasteiger partial charge is 0.337 e. The number of esters is 1. The second-order valence-electron chi connectivity index (χ2n) is 6.20. The van der Waals surface area contributed by atoms with Gasteiger partial charge in [-0.3, -0.25) is 14.5 Å². The number of hydrogen-bond acceptors (Lipinski definition) is 7. The molecule has 2 aromatic heterocycles. The number of rotatable bonds is 5. The van der Waals surface area contributed by atoms with Gasteiger partial charge in [0, 0.05) is 5.69 Å². The number of nitrogens with zero attached hydrogens (tertiary/aromatic N) is 1. The number of carbonyl (C=O) groups is 3. The summed E-state index contributed by atoms with van der Waals surface area (Å²) in [5.74, 6) is -2.51. The number of methoxy groups -OCH3 is 1. The Balaban J connectivity index is 1.84. The minimum Gasteiger partial charge on any atom is -0.503 e. The summed E-state index contributed by atoms with van der Waals surface area (Å²) in [6, 6.07) is 11.2. The molecule has 1 aliphatic heterocycles. The summed E-state index contributed by atoms with van der Waals surface area (Å²) in [7, 11) is 1.25. The number of ether oxygens (including phenoxy) is 1. The number of aliphatic hydroxyl groups excluding tert-OH is 1. The van der Waals surface area contributed by atoms with Crippen LogP contribution in [0.2, 0.25) is 0 Å². The van der Waals surface area contributed by atoms with E-state index in [1.807, 2.05) is 0 Å². The average molecular weight is 393 g/mol. The number of ketones is 1. The van der Waals surface area contributed by atoms with Crippen LogP contribution in [0.3, 0.4) is 0 Å². The molecule has 3 heterocycles. The minimum atomic E-state index is -1.04. The summed E-state index contributed by atoms with van der Waals surface area (Å²) >= 11 is 0. The van der Waals surface area contributed by atoms with Crippen LogP contribution in [-0.2, 0) is 9.53 Å². The van der Waals surface area contributed by atoms with E-state index in [9.17, 15) is 19.5 Å². The van der Waals surface area contributed by atoms with Gasteiger partial charge in [0.15, 0.2) is 11.5 Å². The van der Waals surface area contributed by atoms with Gasteiger partial charge in [-0.1, -0.05) is 6.07 Å². The molecule has 1 amide bonds. The van der Waals surface area contributed by atoms with Crippen LogP contribution in [0.5, 0.6) is 0 Å². The van der Waals surface area contributed by atoms with Gasteiger partial charge in [-0.15, -0.1) is 0 Å². The number of hydrogen-bond donors (Lipinski definition) is 1. The maximum Gasteiger partial charge on any atom is 0.337 e. The fourth-order valence-electron chi connectivity index (χ4n) is 3.26. The standard InChI is InChI=1S/C21H15NO7/c1-27-21(26)12-5-2-6-13(11-12)22-17(14-7-3-9-28-14)16(19(24)20(22)25)18(23)15-8-4-10-29-15/h2-11,17,24H,1H3. The van der Waals surface area contributed by atoms with Crippen molar-refractivity contribution < 1.29 is 33.1 Å². The van der Waals surface area contributed by atoms with E-state index in [-0.39, 0.29) is 28.3 Å². The highest BCUT2D eigenvalue weighted by Crippen LogP contribution is 2.42. The Morgan fingerprint density at radius 2 is 1.83 bits per heavy atom. The molecule has 0 saturated heterocycles. The normalized spacial score (nSPS) is 16.4. The van der Waals surface area contributed by atoms with Crippen LogP contribution in [0.25, 0.3) is 0 Å². The fraction of sp³-hybridized carbons (Fsp3) is 0.0952. The van der Waals surface area contributed by atoms with E-state index in [0.717, 1.165) is 0 Å². The maximum atomic E-state index is 13.0. The Hall–Kier alpha value is -4.07. The maximum absolute atomic E-state index is 13.0. The van der Waals surface area contributed by atoms with Gasteiger partial charge >= 0.3 is 5.97 Å². The zero-order valence-electron chi connectivity index (χ0n) is 15.2. The number of aliphatic hydroxyl groups is 1. The molecule has 0 saturated carbocycles. The van der Waals surface area contributed by atoms with Gasteiger partial charge in [0.1, 0.15) is 11.8 Å². The summed E-state index contributed by atoms with van der Waals surface area (Å²) in [6.07, 6.45) is 2.72. The molecule has 1 N–H and O–H groups in total. The Morgan fingerprint density at radius 3 is 2.48 bits per heavy atom. The summed E-state index contributed by atoms with van der Waals surface area (Å²) < 4.78 is 15.3. The molecule has 0 aliphatic carbocycles. The second kappa shape index (κ2) is 7.16. The molecular formula is C21H15NO7. The van der Waals surface area contributed by atoms with Crippen molar-refractivity contribution in [3.05, 3.63) is 89.5 Å². The largest absolute Gasteiger partial charge is 0.503 e. The van der Waals surface area contributed by atoms with Crippen LogP contribution in [0.1, 0.15) is 32.7 Å². The van der Waals surface area contributed by atoms with E-state index in [1.54, 1.807) is 24.3 Å². The first-order valence-corrected chi connectivity index (χ1v) is 8.59. The summed E-state index contributed by atoms with van der Waals surface area (Å²) in [4.78, 5) is 39.0. The molecule has 1 atom stereocenters. The third kappa shape index (κ3) is 3.00. The molecule has 0 spiro atoms. The van der Waals surface area contributed by atoms with Crippen molar-refractivity contribution in [2.45, 2.75) is 6.04 Å². The van der Waals surface area contributed by atoms with Crippen molar-refractivity contribution in [2.24, 2.45) is 0 Å². The van der Waals surface area contributed by atoms with Crippen molar-refractivity contribution in [1.29, 1.82) is 0 Å². The molecular weight excluding hydrogens is 378 g/mol. The first-order valence-electron chi connectivity index (χ1n) is 8.59. The second-order valence-corrected chi connectivity index (χ2v) is 6.20. The van der Waals surface area contributed by atoms with Gasteiger partial charge in [-0.2, -0.15) is 0 Å². The van der Waals surface area contributed by atoms with Crippen LogP contribution < -0.4 is 4.90 Å². The first kappa shape index (κ1) is 18.3. The van der Waals surface area contributed by atoms with E-state index in [4.69, 9.17) is 13.6 Å². The lowest BCUT2D eigenvalue weighted by Crippen LogP contribution is -2.31. The molecule has 146 valence electrons. The van der Waals surface area contributed by atoms with E-state index < -0.39 is 29.5 Å². The van der Waals surface area contributed by atoms with Crippen molar-refractivity contribution in [2.75, 3.05) is 12.0 Å². The number of anilines is 1. The van der Waals surface area contributed by atoms with Gasteiger partial charge in [0.05, 0.1) is 30.8 Å². The highest BCUT2D eigenvalue weighted by Gasteiger charge is 2.46. The molecule has 1 aliphatic rings. The lowest BCUT2D eigenvalue weighted by Gasteiger charge is -2.25. The summed E-state index contributed by atoms with van der Waals surface area (Å²) in [6.45, 7) is 0. The molecule has 8 heteroatoms. The average Bonchev–Trinajstić information content (AvgIpc) is 3.49. The lowest BCUT2D eigenvalue weighted by molar-refractivity contribution is -0.117. The molecule has 0 fully saturated rings. The Kier molecular flexibility index (Phi) is 4.52. The molecule has 0 radical (unpaired) electrons. The summed E-state index contributed by atoms with van der Waals surface area (Å²) in [5, 5.41) is 10.5. The van der Waals surface area contributed by atoms with Gasteiger partial charge < -0.3 is 18.7 Å². The molecule has 29 heavy (non-hydrogen) atoms. The molecule has 8 nitrogen and oxygen atoms in total. The van der Waals surface area contributed by atoms with E-state index >= 15 is 0 Å². The minimum absolute atomic E-state index is 0.0268. The predicted octanol–water partition coefficient (Wildman–Crippen LogP) is 3.44. The molecule has 0 bridgehead atoms. The number of furan rings is 2. The number of amides is 1. The van der Waals surface area contributed by atoms with Crippen LogP contribution in [0, 0.1) is 0 Å². The highest BCUT2D eigenvalue weighted by atomic mass is 16.5. The van der Waals surface area contributed by atoms with Crippen molar-refractivity contribution in [3.8, 4) is 0 Å². The van der Waals surface area contributed by atoms with Gasteiger partial charge in [0.25, 0.3) is 5.91 Å². The quantitative estimate of drug-likeness (QED) is 0.522. The van der Waals surface area contributed by atoms with E-state index in [0.29, 0.717) is 0 Å². The molecule has 4 rings (SSSR count). The Labute approximate surface area is 164 Å².